The molecule has 108 valence electrons. The Bertz CT molecular complexity index is 487. The van der Waals surface area contributed by atoms with Crippen LogP contribution < -0.4 is 5.32 Å². The van der Waals surface area contributed by atoms with E-state index in [1.807, 2.05) is 16.9 Å². The standard InChI is InChI=1S/C17H25N3/c1-4-14(2)12-15(3)18-13-16-6-8-17(9-7-16)20-11-5-10-19-20/h5-11,14-15,18H,4,12-13H2,1-3H3. The molecule has 2 rings (SSSR count). The SMILES string of the molecule is CCC(C)CC(C)NCc1ccc(-n2cccn2)cc1. The van der Waals surface area contributed by atoms with Gasteiger partial charge in [0.05, 0.1) is 5.69 Å². The van der Waals surface area contributed by atoms with Gasteiger partial charge in [0.1, 0.15) is 0 Å². The molecule has 0 spiro atoms. The summed E-state index contributed by atoms with van der Waals surface area (Å²) in [6.07, 6.45) is 6.25. The van der Waals surface area contributed by atoms with Gasteiger partial charge < -0.3 is 5.32 Å². The molecule has 3 heteroatoms. The van der Waals surface area contributed by atoms with Gasteiger partial charge in [0, 0.05) is 25.0 Å². The second kappa shape index (κ2) is 7.25. The van der Waals surface area contributed by atoms with Crippen molar-refractivity contribution in [2.24, 2.45) is 5.92 Å². The quantitative estimate of drug-likeness (QED) is 0.830. The summed E-state index contributed by atoms with van der Waals surface area (Å²) < 4.78 is 1.88. The van der Waals surface area contributed by atoms with E-state index in [2.05, 4.69) is 55.5 Å². The van der Waals surface area contributed by atoms with E-state index in [1.54, 1.807) is 6.20 Å². The van der Waals surface area contributed by atoms with E-state index in [1.165, 1.54) is 18.4 Å². The normalized spacial score (nSPS) is 14.2. The molecule has 0 aliphatic carbocycles. The Balaban J connectivity index is 1.85. The third kappa shape index (κ3) is 4.20. The van der Waals surface area contributed by atoms with E-state index < -0.39 is 0 Å². The number of nitrogens with one attached hydrogen (secondary N) is 1. The Morgan fingerprint density at radius 3 is 2.55 bits per heavy atom. The number of hydrogen-bond acceptors (Lipinski definition) is 2. The molecule has 1 aromatic heterocycles. The van der Waals surface area contributed by atoms with Crippen molar-refractivity contribution in [2.45, 2.75) is 46.2 Å². The number of rotatable bonds is 7. The van der Waals surface area contributed by atoms with Crippen molar-refractivity contribution in [2.75, 3.05) is 0 Å². The Morgan fingerprint density at radius 1 is 1.20 bits per heavy atom. The first kappa shape index (κ1) is 14.8. The summed E-state index contributed by atoms with van der Waals surface area (Å²) in [6, 6.07) is 11.1. The average Bonchev–Trinajstić information content (AvgIpc) is 2.99. The van der Waals surface area contributed by atoms with Crippen molar-refractivity contribution in [1.82, 2.24) is 15.1 Å². The number of aromatic nitrogens is 2. The van der Waals surface area contributed by atoms with Crippen LogP contribution in [0.3, 0.4) is 0 Å². The monoisotopic (exact) mass is 271 g/mol. The van der Waals surface area contributed by atoms with E-state index in [0.29, 0.717) is 6.04 Å². The molecule has 0 bridgehead atoms. The maximum Gasteiger partial charge on any atom is 0.0645 e. The minimum atomic E-state index is 0.566. The van der Waals surface area contributed by atoms with Crippen LogP contribution in [-0.4, -0.2) is 15.8 Å². The molecule has 20 heavy (non-hydrogen) atoms. The summed E-state index contributed by atoms with van der Waals surface area (Å²) in [5.74, 6) is 0.791. The molecule has 0 fully saturated rings. The molecule has 2 unspecified atom stereocenters. The van der Waals surface area contributed by atoms with E-state index in [-0.39, 0.29) is 0 Å². The first-order valence-corrected chi connectivity index (χ1v) is 7.51. The smallest absolute Gasteiger partial charge is 0.0645 e. The molecule has 3 nitrogen and oxygen atoms in total. The van der Waals surface area contributed by atoms with Crippen LogP contribution in [0.4, 0.5) is 0 Å². The largest absolute Gasteiger partial charge is 0.310 e. The van der Waals surface area contributed by atoms with Crippen molar-refractivity contribution in [3.05, 3.63) is 48.3 Å². The minimum Gasteiger partial charge on any atom is -0.310 e. The maximum absolute atomic E-state index is 4.23. The Kier molecular flexibility index (Phi) is 5.36. The number of benzene rings is 1. The first-order valence-electron chi connectivity index (χ1n) is 7.51. The van der Waals surface area contributed by atoms with Gasteiger partial charge in [0.25, 0.3) is 0 Å². The Labute approximate surface area is 122 Å². The molecule has 0 aliphatic heterocycles. The van der Waals surface area contributed by atoms with Gasteiger partial charge in [-0.3, -0.25) is 0 Å². The topological polar surface area (TPSA) is 29.9 Å². The van der Waals surface area contributed by atoms with E-state index >= 15 is 0 Å². The van der Waals surface area contributed by atoms with Gasteiger partial charge in [-0.05, 0) is 43.0 Å². The molecular formula is C17H25N3. The van der Waals surface area contributed by atoms with Crippen molar-refractivity contribution < 1.29 is 0 Å². The predicted molar refractivity (Wildman–Crippen MR) is 83.9 cm³/mol. The van der Waals surface area contributed by atoms with E-state index in [4.69, 9.17) is 0 Å². The molecule has 0 amide bonds. The first-order chi connectivity index (χ1) is 9.69. The molecule has 0 radical (unpaired) electrons. The lowest BCUT2D eigenvalue weighted by Crippen LogP contribution is -2.27. The number of nitrogens with zero attached hydrogens (tertiary/aromatic N) is 2. The van der Waals surface area contributed by atoms with Gasteiger partial charge in [-0.15, -0.1) is 0 Å². The molecule has 1 aromatic carbocycles. The summed E-state index contributed by atoms with van der Waals surface area (Å²) in [7, 11) is 0. The number of hydrogen-bond donors (Lipinski definition) is 1. The van der Waals surface area contributed by atoms with Crippen molar-refractivity contribution in [1.29, 1.82) is 0 Å². The fourth-order valence-corrected chi connectivity index (χ4v) is 2.33. The summed E-state index contributed by atoms with van der Waals surface area (Å²) in [4.78, 5) is 0. The van der Waals surface area contributed by atoms with E-state index in [9.17, 15) is 0 Å². The Hall–Kier alpha value is -1.61. The summed E-state index contributed by atoms with van der Waals surface area (Å²) in [6.45, 7) is 7.77. The van der Waals surface area contributed by atoms with Crippen LogP contribution >= 0.6 is 0 Å². The highest BCUT2D eigenvalue weighted by atomic mass is 15.3. The zero-order valence-corrected chi connectivity index (χ0v) is 12.7. The van der Waals surface area contributed by atoms with Crippen LogP contribution in [0.1, 0.15) is 39.2 Å². The highest BCUT2D eigenvalue weighted by Gasteiger charge is 2.06. The lowest BCUT2D eigenvalue weighted by Gasteiger charge is -2.17. The average molecular weight is 271 g/mol. The second-order valence-corrected chi connectivity index (χ2v) is 5.65. The molecule has 0 saturated carbocycles. The molecule has 2 aromatic rings. The predicted octanol–water partition coefficient (Wildman–Crippen LogP) is 3.79. The third-order valence-corrected chi connectivity index (χ3v) is 3.81. The zero-order valence-electron chi connectivity index (χ0n) is 12.7. The summed E-state index contributed by atoms with van der Waals surface area (Å²) >= 11 is 0. The lowest BCUT2D eigenvalue weighted by atomic mass is 10.0. The van der Waals surface area contributed by atoms with Crippen molar-refractivity contribution >= 4 is 0 Å². The van der Waals surface area contributed by atoms with Crippen LogP contribution in [0, 0.1) is 5.92 Å². The highest BCUT2D eigenvalue weighted by molar-refractivity contribution is 5.33. The Morgan fingerprint density at radius 2 is 1.95 bits per heavy atom. The summed E-state index contributed by atoms with van der Waals surface area (Å²) in [5, 5.41) is 7.83. The fourth-order valence-electron chi connectivity index (χ4n) is 2.33. The minimum absolute atomic E-state index is 0.566. The third-order valence-electron chi connectivity index (χ3n) is 3.81. The van der Waals surface area contributed by atoms with Gasteiger partial charge in [-0.1, -0.05) is 32.4 Å². The molecule has 0 aliphatic rings. The van der Waals surface area contributed by atoms with Gasteiger partial charge in [-0.2, -0.15) is 5.10 Å². The van der Waals surface area contributed by atoms with Gasteiger partial charge in [0.2, 0.25) is 0 Å². The van der Waals surface area contributed by atoms with Crippen LogP contribution in [0.15, 0.2) is 42.7 Å². The zero-order chi connectivity index (χ0) is 14.4. The van der Waals surface area contributed by atoms with Crippen LogP contribution in [-0.2, 0) is 6.54 Å². The van der Waals surface area contributed by atoms with Gasteiger partial charge >= 0.3 is 0 Å². The lowest BCUT2D eigenvalue weighted by molar-refractivity contribution is 0.412. The van der Waals surface area contributed by atoms with Crippen LogP contribution in [0.2, 0.25) is 0 Å². The summed E-state index contributed by atoms with van der Waals surface area (Å²) in [5.41, 5.74) is 2.42. The second-order valence-electron chi connectivity index (χ2n) is 5.65. The molecule has 1 heterocycles. The molecular weight excluding hydrogens is 246 g/mol. The van der Waals surface area contributed by atoms with Gasteiger partial charge in [-0.25, -0.2) is 4.68 Å². The van der Waals surface area contributed by atoms with Crippen LogP contribution in [0.5, 0.6) is 0 Å². The van der Waals surface area contributed by atoms with Crippen molar-refractivity contribution in [3.8, 4) is 5.69 Å². The van der Waals surface area contributed by atoms with Crippen molar-refractivity contribution in [3.63, 3.8) is 0 Å². The van der Waals surface area contributed by atoms with Gasteiger partial charge in [0.15, 0.2) is 0 Å². The molecule has 0 saturated heterocycles. The van der Waals surface area contributed by atoms with E-state index in [0.717, 1.165) is 18.2 Å². The molecule has 1 N–H and O–H groups in total. The molecule has 2 atom stereocenters. The fraction of sp³-hybridized carbons (Fsp3) is 0.471. The van der Waals surface area contributed by atoms with Crippen LogP contribution in [0.25, 0.3) is 5.69 Å². The maximum atomic E-state index is 4.23. The highest BCUT2D eigenvalue weighted by Crippen LogP contribution is 2.11.